The Morgan fingerprint density at radius 1 is 1.20 bits per heavy atom. The van der Waals surface area contributed by atoms with Crippen molar-refractivity contribution in [3.8, 4) is 11.3 Å². The van der Waals surface area contributed by atoms with Gasteiger partial charge < -0.3 is 10.2 Å². The molecular formula is C23H28N6S. The van der Waals surface area contributed by atoms with Crippen LogP contribution in [0.2, 0.25) is 0 Å². The lowest BCUT2D eigenvalue weighted by atomic mass is 9.95. The van der Waals surface area contributed by atoms with E-state index in [1.807, 2.05) is 37.1 Å². The summed E-state index contributed by atoms with van der Waals surface area (Å²) >= 11 is 1.89. The summed E-state index contributed by atoms with van der Waals surface area (Å²) in [5, 5.41) is 10.1. The number of aryl methyl sites for hydroxylation is 2. The van der Waals surface area contributed by atoms with Gasteiger partial charge in [-0.05, 0) is 41.5 Å². The largest absolute Gasteiger partial charge is 0.360 e. The molecular weight excluding hydrogens is 392 g/mol. The van der Waals surface area contributed by atoms with E-state index < -0.39 is 0 Å². The molecule has 0 radical (unpaired) electrons. The number of anilines is 2. The molecule has 0 amide bonds. The highest BCUT2D eigenvalue weighted by molar-refractivity contribution is 8.02. The highest BCUT2D eigenvalue weighted by atomic mass is 32.2. The van der Waals surface area contributed by atoms with Crippen LogP contribution in [0.1, 0.15) is 32.0 Å². The molecule has 0 saturated carbocycles. The molecule has 4 rings (SSSR count). The van der Waals surface area contributed by atoms with E-state index in [2.05, 4.69) is 71.7 Å². The molecule has 1 unspecified atom stereocenters. The Morgan fingerprint density at radius 3 is 2.73 bits per heavy atom. The van der Waals surface area contributed by atoms with Gasteiger partial charge in [0.2, 0.25) is 0 Å². The maximum Gasteiger partial charge on any atom is 0.131 e. The molecule has 1 aliphatic rings. The second-order valence-corrected chi connectivity index (χ2v) is 9.70. The number of nitrogens with zero attached hydrogens (tertiary/aromatic N) is 5. The zero-order valence-corrected chi connectivity index (χ0v) is 18.9. The summed E-state index contributed by atoms with van der Waals surface area (Å²) in [5.41, 5.74) is 5.42. The van der Waals surface area contributed by atoms with E-state index in [0.717, 1.165) is 35.0 Å². The molecule has 156 valence electrons. The molecule has 3 aromatic rings. The summed E-state index contributed by atoms with van der Waals surface area (Å²) in [5.74, 6) is 0.774. The van der Waals surface area contributed by atoms with E-state index in [1.54, 1.807) is 17.1 Å². The highest BCUT2D eigenvalue weighted by Crippen LogP contribution is 2.39. The van der Waals surface area contributed by atoms with Crippen molar-refractivity contribution in [2.24, 2.45) is 12.5 Å². The van der Waals surface area contributed by atoms with E-state index in [9.17, 15) is 0 Å². The molecule has 1 atom stereocenters. The minimum absolute atomic E-state index is 0.212. The summed E-state index contributed by atoms with van der Waals surface area (Å²) in [6.07, 6.45) is 7.70. The number of hydrogen-bond donors (Lipinski definition) is 1. The Labute approximate surface area is 182 Å². The first-order valence-electron chi connectivity index (χ1n) is 10.1. The minimum Gasteiger partial charge on any atom is -0.360 e. The molecule has 0 fully saturated rings. The van der Waals surface area contributed by atoms with E-state index in [4.69, 9.17) is 4.98 Å². The highest BCUT2D eigenvalue weighted by Gasteiger charge is 2.31. The van der Waals surface area contributed by atoms with E-state index in [0.29, 0.717) is 5.37 Å². The third-order valence-electron chi connectivity index (χ3n) is 5.08. The van der Waals surface area contributed by atoms with Gasteiger partial charge in [0.15, 0.2) is 0 Å². The van der Waals surface area contributed by atoms with Gasteiger partial charge >= 0.3 is 0 Å². The topological polar surface area (TPSA) is 58.9 Å². The normalized spacial score (nSPS) is 16.3. The Kier molecular flexibility index (Phi) is 5.56. The fraction of sp³-hybridized carbons (Fsp3) is 0.348. The van der Waals surface area contributed by atoms with Crippen LogP contribution < -0.4 is 5.32 Å². The van der Waals surface area contributed by atoms with Crippen LogP contribution >= 0.6 is 11.8 Å². The van der Waals surface area contributed by atoms with E-state index in [-0.39, 0.29) is 5.41 Å². The van der Waals surface area contributed by atoms with Crippen molar-refractivity contribution < 1.29 is 0 Å². The van der Waals surface area contributed by atoms with Crippen LogP contribution in [0.4, 0.5) is 11.5 Å². The van der Waals surface area contributed by atoms with Crippen LogP contribution in [0.5, 0.6) is 0 Å². The van der Waals surface area contributed by atoms with Crippen molar-refractivity contribution >= 4 is 23.3 Å². The second-order valence-electron chi connectivity index (χ2n) is 8.71. The summed E-state index contributed by atoms with van der Waals surface area (Å²) < 4.78 is 1.76. The first-order valence-corrected chi connectivity index (χ1v) is 11.0. The van der Waals surface area contributed by atoms with Crippen LogP contribution in [0, 0.1) is 12.3 Å². The molecule has 6 nitrogen and oxygen atoms in total. The van der Waals surface area contributed by atoms with E-state index >= 15 is 0 Å². The molecule has 0 spiro atoms. The Morgan fingerprint density at radius 2 is 2.03 bits per heavy atom. The first-order chi connectivity index (χ1) is 14.3. The van der Waals surface area contributed by atoms with Gasteiger partial charge in [-0.1, -0.05) is 26.8 Å². The quantitative estimate of drug-likeness (QED) is 0.603. The fourth-order valence-electron chi connectivity index (χ4n) is 3.59. The minimum atomic E-state index is 0.212. The predicted molar refractivity (Wildman–Crippen MR) is 124 cm³/mol. The van der Waals surface area contributed by atoms with Gasteiger partial charge in [-0.3, -0.25) is 9.67 Å². The number of hydrogen-bond acceptors (Lipinski definition) is 6. The van der Waals surface area contributed by atoms with E-state index in [1.165, 1.54) is 5.56 Å². The molecule has 30 heavy (non-hydrogen) atoms. The molecule has 1 aliphatic heterocycles. The van der Waals surface area contributed by atoms with Crippen molar-refractivity contribution in [1.29, 1.82) is 0 Å². The number of pyridine rings is 2. The zero-order chi connectivity index (χ0) is 21.3. The van der Waals surface area contributed by atoms with Crippen LogP contribution in [0.15, 0.2) is 54.5 Å². The lowest BCUT2D eigenvalue weighted by Crippen LogP contribution is -2.35. The van der Waals surface area contributed by atoms with Gasteiger partial charge in [0.25, 0.3) is 0 Å². The Bertz CT molecular complexity index is 1070. The maximum absolute atomic E-state index is 4.90. The maximum atomic E-state index is 4.90. The van der Waals surface area contributed by atoms with Gasteiger partial charge in [0.1, 0.15) is 5.82 Å². The Balaban J connectivity index is 1.52. The third-order valence-corrected chi connectivity index (χ3v) is 6.60. The molecule has 0 aliphatic carbocycles. The molecule has 0 bridgehead atoms. The van der Waals surface area contributed by atoms with Crippen LogP contribution in [0.3, 0.4) is 0 Å². The molecule has 4 heterocycles. The third kappa shape index (κ3) is 4.51. The van der Waals surface area contributed by atoms with Crippen molar-refractivity contribution in [2.45, 2.75) is 39.6 Å². The summed E-state index contributed by atoms with van der Waals surface area (Å²) in [7, 11) is 1.89. The van der Waals surface area contributed by atoms with Crippen LogP contribution in [-0.4, -0.2) is 30.0 Å². The molecule has 7 heteroatoms. The molecule has 3 aromatic heterocycles. The van der Waals surface area contributed by atoms with Gasteiger partial charge in [-0.25, -0.2) is 4.98 Å². The van der Waals surface area contributed by atoms with Gasteiger partial charge in [0, 0.05) is 43.4 Å². The smallest absolute Gasteiger partial charge is 0.131 e. The zero-order valence-electron chi connectivity index (χ0n) is 18.1. The number of thioether (sulfide) groups is 1. The van der Waals surface area contributed by atoms with Gasteiger partial charge in [-0.2, -0.15) is 5.10 Å². The van der Waals surface area contributed by atoms with Crippen LogP contribution in [-0.2, 0) is 13.6 Å². The lowest BCUT2D eigenvalue weighted by molar-refractivity contribution is 0.220. The van der Waals surface area contributed by atoms with Crippen molar-refractivity contribution in [3.05, 3.63) is 65.7 Å². The summed E-state index contributed by atoms with van der Waals surface area (Å²) in [6.45, 7) is 9.83. The summed E-state index contributed by atoms with van der Waals surface area (Å²) in [6, 6.07) is 8.31. The average molecular weight is 421 g/mol. The molecule has 0 aromatic carbocycles. The second kappa shape index (κ2) is 8.14. The Hall–Kier alpha value is -2.80. The number of aromatic nitrogens is 4. The lowest BCUT2D eigenvalue weighted by Gasteiger charge is -2.35. The van der Waals surface area contributed by atoms with Crippen LogP contribution in [0.25, 0.3) is 11.3 Å². The number of rotatable bonds is 5. The van der Waals surface area contributed by atoms with Gasteiger partial charge in [-0.15, -0.1) is 11.8 Å². The predicted octanol–water partition coefficient (Wildman–Crippen LogP) is 5.32. The molecule has 1 N–H and O–H groups in total. The average Bonchev–Trinajstić information content (AvgIpc) is 3.32. The van der Waals surface area contributed by atoms with Crippen molar-refractivity contribution in [3.63, 3.8) is 0 Å². The standard InChI is InChI=1S/C23H28N6S/c1-16-18(14-29-10-11-30-22(29)23(2,3)4)6-7-20(26-16)17-8-9-24-21(12-17)27-19-13-25-28(5)15-19/h6-13,15,22H,14H2,1-5H3,(H,24,27). The summed E-state index contributed by atoms with van der Waals surface area (Å²) in [4.78, 5) is 11.7. The molecule has 0 saturated heterocycles. The first kappa shape index (κ1) is 20.5. The van der Waals surface area contributed by atoms with Crippen molar-refractivity contribution in [2.75, 3.05) is 5.32 Å². The van der Waals surface area contributed by atoms with Gasteiger partial charge in [0.05, 0.1) is 23.0 Å². The van der Waals surface area contributed by atoms with Crippen molar-refractivity contribution in [1.82, 2.24) is 24.6 Å². The SMILES string of the molecule is Cc1nc(-c2ccnc(Nc3cnn(C)c3)c2)ccc1CN1C=CSC1C(C)(C)C. The fourth-order valence-corrected chi connectivity index (χ4v) is 4.67. The number of nitrogens with one attached hydrogen (secondary N) is 1. The monoisotopic (exact) mass is 420 g/mol.